The molecule has 108 valence electrons. The van der Waals surface area contributed by atoms with E-state index in [0.29, 0.717) is 10.2 Å². The van der Waals surface area contributed by atoms with E-state index in [2.05, 4.69) is 26.6 Å². The maximum absolute atomic E-state index is 13.1. The summed E-state index contributed by atoms with van der Waals surface area (Å²) in [5.74, 6) is -1.52. The molecule has 0 atom stereocenters. The molecule has 2 amide bonds. The summed E-state index contributed by atoms with van der Waals surface area (Å²) < 4.78 is 13.6. The summed E-state index contributed by atoms with van der Waals surface area (Å²) in [4.78, 5) is 22.5. The second kappa shape index (κ2) is 6.36. The Morgan fingerprint density at radius 1 is 1.05 bits per heavy atom. The highest BCUT2D eigenvalue weighted by Gasteiger charge is 2.08. The lowest BCUT2D eigenvalue weighted by atomic mass is 10.2. The summed E-state index contributed by atoms with van der Waals surface area (Å²) >= 11 is 3.20. The lowest BCUT2D eigenvalue weighted by molar-refractivity contribution is 0.0697. The molecule has 21 heavy (non-hydrogen) atoms. The minimum absolute atomic E-state index is 0.119. The fraction of sp³-hybridized carbons (Fsp3) is 0. The number of carbonyl (C=O) groups is 2. The molecule has 2 aromatic rings. The van der Waals surface area contributed by atoms with Crippen molar-refractivity contribution in [3.63, 3.8) is 0 Å². The Morgan fingerprint density at radius 3 is 2.33 bits per heavy atom. The molecule has 0 aliphatic heterocycles. The summed E-state index contributed by atoms with van der Waals surface area (Å²) in [7, 11) is 0. The van der Waals surface area contributed by atoms with Crippen molar-refractivity contribution in [3.05, 3.63) is 58.3 Å². The van der Waals surface area contributed by atoms with Crippen LogP contribution in [0.4, 0.5) is 20.6 Å². The fourth-order valence-corrected chi connectivity index (χ4v) is 1.92. The number of carboxylic acids is 1. The van der Waals surface area contributed by atoms with Crippen LogP contribution in [-0.2, 0) is 0 Å². The zero-order chi connectivity index (χ0) is 15.4. The number of benzene rings is 2. The van der Waals surface area contributed by atoms with Crippen LogP contribution in [0.2, 0.25) is 0 Å². The second-order valence-corrected chi connectivity index (χ2v) is 4.94. The zero-order valence-electron chi connectivity index (χ0n) is 10.6. The third-order valence-electron chi connectivity index (χ3n) is 2.57. The van der Waals surface area contributed by atoms with Crippen LogP contribution in [0.15, 0.2) is 46.9 Å². The molecule has 0 saturated carbocycles. The SMILES string of the molecule is O=C(Nc1ccc(C(=O)O)cc1)Nc1cc(F)ccc1Br. The monoisotopic (exact) mass is 352 g/mol. The molecule has 0 aromatic heterocycles. The van der Waals surface area contributed by atoms with Crippen molar-refractivity contribution in [1.82, 2.24) is 0 Å². The minimum Gasteiger partial charge on any atom is -0.478 e. The van der Waals surface area contributed by atoms with Gasteiger partial charge in [0.15, 0.2) is 0 Å². The predicted octanol–water partition coefficient (Wildman–Crippen LogP) is 3.93. The van der Waals surface area contributed by atoms with Gasteiger partial charge in [-0.05, 0) is 58.4 Å². The lowest BCUT2D eigenvalue weighted by Gasteiger charge is -2.09. The molecule has 5 nitrogen and oxygen atoms in total. The Bertz CT molecular complexity index is 689. The molecular formula is C14H10BrFN2O3. The number of aromatic carboxylic acids is 1. The van der Waals surface area contributed by atoms with Crippen LogP contribution >= 0.6 is 15.9 Å². The van der Waals surface area contributed by atoms with Gasteiger partial charge in [-0.25, -0.2) is 14.0 Å². The van der Waals surface area contributed by atoms with Crippen molar-refractivity contribution in [3.8, 4) is 0 Å². The van der Waals surface area contributed by atoms with E-state index in [1.165, 1.54) is 42.5 Å². The molecule has 0 heterocycles. The van der Waals surface area contributed by atoms with E-state index >= 15 is 0 Å². The highest BCUT2D eigenvalue weighted by atomic mass is 79.9. The number of hydrogen-bond donors (Lipinski definition) is 3. The van der Waals surface area contributed by atoms with Crippen LogP contribution in [0.5, 0.6) is 0 Å². The van der Waals surface area contributed by atoms with Gasteiger partial charge >= 0.3 is 12.0 Å². The Balaban J connectivity index is 2.04. The molecule has 0 unspecified atom stereocenters. The van der Waals surface area contributed by atoms with Gasteiger partial charge in [-0.3, -0.25) is 0 Å². The van der Waals surface area contributed by atoms with Gasteiger partial charge in [0.1, 0.15) is 5.82 Å². The molecule has 0 aliphatic rings. The first-order valence-corrected chi connectivity index (χ1v) is 6.61. The molecule has 0 spiro atoms. The third-order valence-corrected chi connectivity index (χ3v) is 3.26. The van der Waals surface area contributed by atoms with Crippen LogP contribution < -0.4 is 10.6 Å². The summed E-state index contributed by atoms with van der Waals surface area (Å²) in [6.07, 6.45) is 0. The number of anilines is 2. The highest BCUT2D eigenvalue weighted by molar-refractivity contribution is 9.10. The molecule has 2 rings (SSSR count). The normalized spacial score (nSPS) is 10.0. The van der Waals surface area contributed by atoms with Gasteiger partial charge in [-0.2, -0.15) is 0 Å². The highest BCUT2D eigenvalue weighted by Crippen LogP contribution is 2.23. The first-order valence-electron chi connectivity index (χ1n) is 5.82. The van der Waals surface area contributed by atoms with Gasteiger partial charge in [0.05, 0.1) is 11.3 Å². The molecule has 7 heteroatoms. The van der Waals surface area contributed by atoms with E-state index in [0.717, 1.165) is 0 Å². The van der Waals surface area contributed by atoms with Gasteiger partial charge in [-0.15, -0.1) is 0 Å². The predicted molar refractivity (Wildman–Crippen MR) is 80.1 cm³/mol. The van der Waals surface area contributed by atoms with Crippen LogP contribution in [0.25, 0.3) is 0 Å². The molecule has 0 saturated heterocycles. The average molecular weight is 353 g/mol. The van der Waals surface area contributed by atoms with E-state index in [1.807, 2.05) is 0 Å². The summed E-state index contributed by atoms with van der Waals surface area (Å²) in [6.45, 7) is 0. The molecule has 0 radical (unpaired) electrons. The average Bonchev–Trinajstić information content (AvgIpc) is 2.43. The van der Waals surface area contributed by atoms with Crippen LogP contribution in [0.3, 0.4) is 0 Å². The summed E-state index contributed by atoms with van der Waals surface area (Å²) in [6, 6.07) is 9.02. The number of carboxylic acid groups (broad SMARTS) is 1. The Morgan fingerprint density at radius 2 is 1.71 bits per heavy atom. The van der Waals surface area contributed by atoms with Crippen molar-refractivity contribution >= 4 is 39.3 Å². The maximum Gasteiger partial charge on any atom is 0.335 e. The summed E-state index contributed by atoms with van der Waals surface area (Å²) in [5.41, 5.74) is 0.827. The van der Waals surface area contributed by atoms with Crippen LogP contribution in [0.1, 0.15) is 10.4 Å². The fourth-order valence-electron chi connectivity index (χ4n) is 1.57. The lowest BCUT2D eigenvalue weighted by Crippen LogP contribution is -2.19. The first kappa shape index (κ1) is 15.0. The number of amides is 2. The van der Waals surface area contributed by atoms with Crippen molar-refractivity contribution in [2.45, 2.75) is 0 Å². The van der Waals surface area contributed by atoms with Crippen molar-refractivity contribution < 1.29 is 19.1 Å². The molecule has 0 bridgehead atoms. The standard InChI is InChI=1S/C14H10BrFN2O3/c15-11-6-3-9(16)7-12(11)18-14(21)17-10-4-1-8(2-5-10)13(19)20/h1-7H,(H,19,20)(H2,17,18,21). The molecule has 0 aliphatic carbocycles. The largest absolute Gasteiger partial charge is 0.478 e. The quantitative estimate of drug-likeness (QED) is 0.782. The Labute approximate surface area is 127 Å². The van der Waals surface area contributed by atoms with Gasteiger partial charge in [0.2, 0.25) is 0 Å². The molecule has 3 N–H and O–H groups in total. The van der Waals surface area contributed by atoms with Gasteiger partial charge in [-0.1, -0.05) is 0 Å². The van der Waals surface area contributed by atoms with Crippen molar-refractivity contribution in [1.29, 1.82) is 0 Å². The van der Waals surface area contributed by atoms with E-state index in [4.69, 9.17) is 5.11 Å². The van der Waals surface area contributed by atoms with E-state index in [-0.39, 0.29) is 11.3 Å². The smallest absolute Gasteiger partial charge is 0.335 e. The zero-order valence-corrected chi connectivity index (χ0v) is 12.1. The van der Waals surface area contributed by atoms with Crippen molar-refractivity contribution in [2.75, 3.05) is 10.6 Å². The third kappa shape index (κ3) is 4.03. The molecule has 0 fully saturated rings. The van der Waals surface area contributed by atoms with E-state index < -0.39 is 17.8 Å². The first-order chi connectivity index (χ1) is 9.95. The Kier molecular flexibility index (Phi) is 4.54. The summed E-state index contributed by atoms with van der Waals surface area (Å²) in [5, 5.41) is 13.8. The second-order valence-electron chi connectivity index (χ2n) is 4.09. The molecule has 2 aromatic carbocycles. The van der Waals surface area contributed by atoms with Crippen LogP contribution in [0, 0.1) is 5.82 Å². The minimum atomic E-state index is -1.05. The van der Waals surface area contributed by atoms with E-state index in [9.17, 15) is 14.0 Å². The number of nitrogens with one attached hydrogen (secondary N) is 2. The number of carbonyl (C=O) groups excluding carboxylic acids is 1. The topological polar surface area (TPSA) is 78.4 Å². The maximum atomic E-state index is 13.1. The number of rotatable bonds is 3. The van der Waals surface area contributed by atoms with Gasteiger partial charge in [0, 0.05) is 10.2 Å². The Hall–Kier alpha value is -2.41. The number of halogens is 2. The van der Waals surface area contributed by atoms with Crippen LogP contribution in [-0.4, -0.2) is 17.1 Å². The number of urea groups is 1. The van der Waals surface area contributed by atoms with Gasteiger partial charge in [0.25, 0.3) is 0 Å². The van der Waals surface area contributed by atoms with E-state index in [1.54, 1.807) is 0 Å². The van der Waals surface area contributed by atoms with Gasteiger partial charge < -0.3 is 15.7 Å². The molecular weight excluding hydrogens is 343 g/mol. The number of hydrogen-bond acceptors (Lipinski definition) is 2. The van der Waals surface area contributed by atoms with Crippen molar-refractivity contribution in [2.24, 2.45) is 0 Å².